The lowest BCUT2D eigenvalue weighted by Crippen LogP contribution is -2.44. The largest absolute Gasteiger partial charge is 0.434 e. The van der Waals surface area contributed by atoms with Crippen LogP contribution in [-0.4, -0.2) is 50.7 Å². The van der Waals surface area contributed by atoms with Crippen molar-refractivity contribution in [2.45, 2.75) is 32.9 Å². The Hall–Kier alpha value is -1.89. The molecule has 0 saturated carbocycles. The smallest absolute Gasteiger partial charge is 0.387 e. The molecule has 5 nitrogen and oxygen atoms in total. The maximum absolute atomic E-state index is 12.5. The third-order valence-electron chi connectivity index (χ3n) is 4.47. The van der Waals surface area contributed by atoms with E-state index >= 15 is 0 Å². The quantitative estimate of drug-likeness (QED) is 0.584. The first-order valence-corrected chi connectivity index (χ1v) is 8.82. The fourth-order valence-electron chi connectivity index (χ4n) is 3.11. The Morgan fingerprint density at radius 2 is 2.16 bits per heavy atom. The predicted molar refractivity (Wildman–Crippen MR) is 96.1 cm³/mol. The first kappa shape index (κ1) is 19.4. The number of hydrogen-bond donors (Lipinski definition) is 2. The van der Waals surface area contributed by atoms with Crippen LogP contribution in [0.25, 0.3) is 0 Å². The molecule has 0 aromatic heterocycles. The highest BCUT2D eigenvalue weighted by Crippen LogP contribution is 2.20. The van der Waals surface area contributed by atoms with Gasteiger partial charge in [-0.3, -0.25) is 4.99 Å². The summed E-state index contributed by atoms with van der Waals surface area (Å²) in [6.45, 7) is 3.96. The van der Waals surface area contributed by atoms with Gasteiger partial charge in [0.15, 0.2) is 5.96 Å². The number of piperidine rings is 1. The molecule has 7 heteroatoms. The first-order chi connectivity index (χ1) is 12.1. The standard InChI is InChI=1S/C18H28F2N4O/c1-3-24-10-6-7-14(13-24)11-22-18(21-2)23-12-15-8-4-5-9-16(15)25-17(19)20/h4-5,8-9,14,17H,3,6-7,10-13H2,1-2H3,(H2,21,22,23). The highest BCUT2D eigenvalue weighted by molar-refractivity contribution is 5.79. The summed E-state index contributed by atoms with van der Waals surface area (Å²) in [6.07, 6.45) is 2.44. The molecule has 1 atom stereocenters. The van der Waals surface area contributed by atoms with E-state index in [1.54, 1.807) is 31.3 Å². The number of nitrogens with one attached hydrogen (secondary N) is 2. The molecule has 1 aromatic carbocycles. The number of benzene rings is 1. The second kappa shape index (κ2) is 10.2. The molecule has 0 bridgehead atoms. The van der Waals surface area contributed by atoms with Gasteiger partial charge in [-0.05, 0) is 37.9 Å². The molecule has 0 spiro atoms. The second-order valence-electron chi connectivity index (χ2n) is 6.19. The molecule has 1 aromatic rings. The number of halogens is 2. The van der Waals surface area contributed by atoms with Crippen molar-refractivity contribution in [1.82, 2.24) is 15.5 Å². The molecule has 2 rings (SSSR count). The molecule has 1 saturated heterocycles. The van der Waals surface area contributed by atoms with E-state index in [1.165, 1.54) is 19.4 Å². The van der Waals surface area contributed by atoms with Crippen LogP contribution in [0.1, 0.15) is 25.3 Å². The van der Waals surface area contributed by atoms with Gasteiger partial charge in [0.2, 0.25) is 0 Å². The molecule has 0 aliphatic carbocycles. The van der Waals surface area contributed by atoms with E-state index in [4.69, 9.17) is 0 Å². The number of hydrogen-bond acceptors (Lipinski definition) is 3. The minimum atomic E-state index is -2.83. The van der Waals surface area contributed by atoms with Gasteiger partial charge in [-0.1, -0.05) is 25.1 Å². The molecular formula is C18H28F2N4O. The Labute approximate surface area is 148 Å². The van der Waals surface area contributed by atoms with Crippen molar-refractivity contribution in [3.63, 3.8) is 0 Å². The highest BCUT2D eigenvalue weighted by atomic mass is 19.3. The molecule has 140 valence electrons. The summed E-state index contributed by atoms with van der Waals surface area (Å²) in [7, 11) is 1.70. The molecule has 25 heavy (non-hydrogen) atoms. The van der Waals surface area contributed by atoms with Crippen LogP contribution in [0.15, 0.2) is 29.3 Å². The molecule has 1 fully saturated rings. The molecular weight excluding hydrogens is 326 g/mol. The minimum absolute atomic E-state index is 0.186. The molecule has 1 heterocycles. The number of para-hydroxylation sites is 1. The van der Waals surface area contributed by atoms with Crippen LogP contribution < -0.4 is 15.4 Å². The number of rotatable bonds is 7. The Kier molecular flexibility index (Phi) is 7.91. The zero-order valence-electron chi connectivity index (χ0n) is 15.0. The molecule has 1 aliphatic heterocycles. The Balaban J connectivity index is 1.82. The number of guanidine groups is 1. The van der Waals surface area contributed by atoms with Gasteiger partial charge < -0.3 is 20.3 Å². The van der Waals surface area contributed by atoms with E-state index in [2.05, 4.69) is 32.2 Å². The van der Waals surface area contributed by atoms with E-state index in [-0.39, 0.29) is 5.75 Å². The molecule has 0 amide bonds. The van der Waals surface area contributed by atoms with Crippen molar-refractivity contribution in [3.8, 4) is 5.75 Å². The number of ether oxygens (including phenoxy) is 1. The molecule has 0 radical (unpaired) electrons. The summed E-state index contributed by atoms with van der Waals surface area (Å²) in [4.78, 5) is 6.67. The summed E-state index contributed by atoms with van der Waals surface area (Å²) < 4.78 is 29.5. The summed E-state index contributed by atoms with van der Waals surface area (Å²) in [5.74, 6) is 1.45. The highest BCUT2D eigenvalue weighted by Gasteiger charge is 2.18. The van der Waals surface area contributed by atoms with E-state index in [9.17, 15) is 8.78 Å². The first-order valence-electron chi connectivity index (χ1n) is 8.82. The summed E-state index contributed by atoms with van der Waals surface area (Å²) in [5, 5.41) is 6.50. The summed E-state index contributed by atoms with van der Waals surface area (Å²) in [6, 6.07) is 6.78. The second-order valence-corrected chi connectivity index (χ2v) is 6.19. The predicted octanol–water partition coefficient (Wildman–Crippen LogP) is 2.68. The van der Waals surface area contributed by atoms with Gasteiger partial charge in [0.25, 0.3) is 0 Å². The third kappa shape index (κ3) is 6.49. The van der Waals surface area contributed by atoms with Gasteiger partial charge >= 0.3 is 6.61 Å². The van der Waals surface area contributed by atoms with E-state index < -0.39 is 6.61 Å². The normalized spacial score (nSPS) is 19.1. The lowest BCUT2D eigenvalue weighted by molar-refractivity contribution is -0.0504. The van der Waals surface area contributed by atoms with E-state index in [0.717, 1.165) is 19.6 Å². The van der Waals surface area contributed by atoms with Crippen LogP contribution >= 0.6 is 0 Å². The average molecular weight is 354 g/mol. The zero-order chi connectivity index (χ0) is 18.1. The van der Waals surface area contributed by atoms with E-state index in [1.807, 2.05) is 0 Å². The average Bonchev–Trinajstić information content (AvgIpc) is 2.62. The van der Waals surface area contributed by atoms with Gasteiger partial charge in [-0.25, -0.2) is 0 Å². The van der Waals surface area contributed by atoms with Crippen LogP contribution in [0.4, 0.5) is 8.78 Å². The summed E-state index contributed by atoms with van der Waals surface area (Å²) in [5.41, 5.74) is 0.667. The molecule has 2 N–H and O–H groups in total. The van der Waals surface area contributed by atoms with Crippen molar-refractivity contribution in [2.75, 3.05) is 33.2 Å². The number of likely N-dealkylation sites (tertiary alicyclic amines) is 1. The fraction of sp³-hybridized carbons (Fsp3) is 0.611. The monoisotopic (exact) mass is 354 g/mol. The Morgan fingerprint density at radius 1 is 1.36 bits per heavy atom. The lowest BCUT2D eigenvalue weighted by Gasteiger charge is -2.32. The van der Waals surface area contributed by atoms with Crippen LogP contribution in [0, 0.1) is 5.92 Å². The number of aliphatic imine (C=N–C) groups is 1. The SMILES string of the molecule is CCN1CCCC(CNC(=NC)NCc2ccccc2OC(F)F)C1. The van der Waals surface area contributed by atoms with E-state index in [0.29, 0.717) is 24.0 Å². The van der Waals surface area contributed by atoms with Gasteiger partial charge in [0.05, 0.1) is 0 Å². The van der Waals surface area contributed by atoms with Crippen LogP contribution in [0.2, 0.25) is 0 Å². The van der Waals surface area contributed by atoms with Crippen molar-refractivity contribution in [3.05, 3.63) is 29.8 Å². The number of nitrogens with zero attached hydrogens (tertiary/aromatic N) is 2. The van der Waals surface area contributed by atoms with Crippen molar-refractivity contribution in [1.29, 1.82) is 0 Å². The maximum atomic E-state index is 12.5. The number of alkyl halides is 2. The summed E-state index contributed by atoms with van der Waals surface area (Å²) >= 11 is 0. The minimum Gasteiger partial charge on any atom is -0.434 e. The lowest BCUT2D eigenvalue weighted by atomic mass is 9.98. The molecule has 1 aliphatic rings. The fourth-order valence-corrected chi connectivity index (χ4v) is 3.11. The van der Waals surface area contributed by atoms with Crippen LogP contribution in [0.3, 0.4) is 0 Å². The van der Waals surface area contributed by atoms with Gasteiger partial charge in [-0.15, -0.1) is 0 Å². The Morgan fingerprint density at radius 3 is 2.88 bits per heavy atom. The Bertz CT molecular complexity index is 554. The van der Waals surface area contributed by atoms with Gasteiger partial charge in [0.1, 0.15) is 5.75 Å². The van der Waals surface area contributed by atoms with Gasteiger partial charge in [0, 0.05) is 32.2 Å². The third-order valence-corrected chi connectivity index (χ3v) is 4.47. The maximum Gasteiger partial charge on any atom is 0.387 e. The zero-order valence-corrected chi connectivity index (χ0v) is 15.0. The van der Waals surface area contributed by atoms with Crippen molar-refractivity contribution in [2.24, 2.45) is 10.9 Å². The van der Waals surface area contributed by atoms with Crippen molar-refractivity contribution < 1.29 is 13.5 Å². The van der Waals surface area contributed by atoms with Gasteiger partial charge in [-0.2, -0.15) is 8.78 Å². The van der Waals surface area contributed by atoms with Crippen LogP contribution in [-0.2, 0) is 6.54 Å². The molecule has 1 unspecified atom stereocenters. The van der Waals surface area contributed by atoms with Crippen molar-refractivity contribution >= 4 is 5.96 Å². The van der Waals surface area contributed by atoms with Crippen LogP contribution in [0.5, 0.6) is 5.75 Å². The topological polar surface area (TPSA) is 48.9 Å².